The second-order valence-electron chi connectivity index (χ2n) is 9.86. The van der Waals surface area contributed by atoms with Crippen molar-refractivity contribution in [1.29, 1.82) is 0 Å². The first-order chi connectivity index (χ1) is 18.1. The van der Waals surface area contributed by atoms with Crippen molar-refractivity contribution in [2.45, 2.75) is 18.9 Å². The molecule has 3 heterocycles. The first kappa shape index (κ1) is 23.0. The number of anilines is 1. The quantitative estimate of drug-likeness (QED) is 0.437. The highest BCUT2D eigenvalue weighted by Gasteiger charge is 2.37. The van der Waals surface area contributed by atoms with Gasteiger partial charge in [0.2, 0.25) is 0 Å². The van der Waals surface area contributed by atoms with Gasteiger partial charge < -0.3 is 14.8 Å². The number of aromatic nitrogens is 1. The second kappa shape index (κ2) is 9.54. The highest BCUT2D eigenvalue weighted by atomic mass is 16.2. The molecule has 37 heavy (non-hydrogen) atoms. The van der Waals surface area contributed by atoms with Gasteiger partial charge in [-0.2, -0.15) is 0 Å². The fourth-order valence-corrected chi connectivity index (χ4v) is 5.61. The Kier molecular flexibility index (Phi) is 5.93. The molecule has 1 N–H and O–H groups in total. The normalized spacial score (nSPS) is 18.1. The lowest BCUT2D eigenvalue weighted by molar-refractivity contribution is 0.0594. The van der Waals surface area contributed by atoms with Crippen molar-refractivity contribution in [3.8, 4) is 11.1 Å². The number of rotatable bonds is 4. The number of pyridine rings is 1. The van der Waals surface area contributed by atoms with Gasteiger partial charge in [0.15, 0.2) is 0 Å². The van der Waals surface area contributed by atoms with Crippen molar-refractivity contribution < 1.29 is 9.59 Å². The van der Waals surface area contributed by atoms with Gasteiger partial charge in [0, 0.05) is 42.4 Å². The molecule has 2 aliphatic heterocycles. The Bertz CT molecular complexity index is 1510. The maximum atomic E-state index is 13.4. The number of nitrogens with one attached hydrogen (secondary N) is 1. The van der Waals surface area contributed by atoms with Gasteiger partial charge in [0.25, 0.3) is 17.4 Å². The summed E-state index contributed by atoms with van der Waals surface area (Å²) in [6, 6.07) is 30.3. The van der Waals surface area contributed by atoms with Gasteiger partial charge in [0.1, 0.15) is 5.69 Å². The summed E-state index contributed by atoms with van der Waals surface area (Å²) >= 11 is 0. The maximum absolute atomic E-state index is 13.4. The number of piperidine rings is 1. The van der Waals surface area contributed by atoms with Gasteiger partial charge in [-0.3, -0.25) is 14.4 Å². The minimum atomic E-state index is -0.312. The van der Waals surface area contributed by atoms with Crippen LogP contribution in [0.1, 0.15) is 38.7 Å². The Morgan fingerprint density at radius 2 is 1.38 bits per heavy atom. The molecule has 2 bridgehead atoms. The van der Waals surface area contributed by atoms with Crippen LogP contribution in [0.4, 0.5) is 5.69 Å². The maximum Gasteiger partial charge on any atom is 0.274 e. The molecule has 0 saturated carbocycles. The molecule has 6 heteroatoms. The summed E-state index contributed by atoms with van der Waals surface area (Å²) in [5, 5.41) is 2.81. The van der Waals surface area contributed by atoms with Crippen LogP contribution in [0.5, 0.6) is 0 Å². The van der Waals surface area contributed by atoms with Crippen LogP contribution in [-0.2, 0) is 6.54 Å². The second-order valence-corrected chi connectivity index (χ2v) is 9.86. The van der Waals surface area contributed by atoms with Gasteiger partial charge in [-0.15, -0.1) is 0 Å². The first-order valence-corrected chi connectivity index (χ1v) is 12.6. The summed E-state index contributed by atoms with van der Waals surface area (Å²) in [4.78, 5) is 41.2. The minimum absolute atomic E-state index is 0.0354. The fourth-order valence-electron chi connectivity index (χ4n) is 5.61. The van der Waals surface area contributed by atoms with Crippen molar-refractivity contribution in [2.24, 2.45) is 5.92 Å². The van der Waals surface area contributed by atoms with Crippen LogP contribution in [0.3, 0.4) is 0 Å². The van der Waals surface area contributed by atoms with Crippen LogP contribution < -0.4 is 10.9 Å². The van der Waals surface area contributed by atoms with E-state index >= 15 is 0 Å². The van der Waals surface area contributed by atoms with Crippen molar-refractivity contribution in [3.05, 3.63) is 124 Å². The predicted octanol–water partition coefficient (Wildman–Crippen LogP) is 5.03. The number of hydrogen-bond acceptors (Lipinski definition) is 3. The summed E-state index contributed by atoms with van der Waals surface area (Å²) in [6.07, 6.45) is 0.956. The molecular formula is C31H27N3O3. The Balaban J connectivity index is 1.19. The van der Waals surface area contributed by atoms with Gasteiger partial charge in [0.05, 0.1) is 0 Å². The van der Waals surface area contributed by atoms with Crippen molar-refractivity contribution in [3.63, 3.8) is 0 Å². The van der Waals surface area contributed by atoms with E-state index in [1.165, 1.54) is 0 Å². The van der Waals surface area contributed by atoms with Gasteiger partial charge in [-0.25, -0.2) is 0 Å². The predicted molar refractivity (Wildman–Crippen MR) is 144 cm³/mol. The van der Waals surface area contributed by atoms with E-state index in [0.29, 0.717) is 30.8 Å². The zero-order chi connectivity index (χ0) is 25.4. The van der Waals surface area contributed by atoms with Crippen LogP contribution >= 0.6 is 0 Å². The fraction of sp³-hybridized carbons (Fsp3) is 0.194. The molecule has 0 aliphatic carbocycles. The molecule has 0 radical (unpaired) electrons. The third kappa shape index (κ3) is 4.47. The van der Waals surface area contributed by atoms with Crippen molar-refractivity contribution in [2.75, 3.05) is 18.4 Å². The minimum Gasteiger partial charge on any atom is -0.338 e. The summed E-state index contributed by atoms with van der Waals surface area (Å²) in [7, 11) is 0. The lowest BCUT2D eigenvalue weighted by Gasteiger charge is -2.43. The van der Waals surface area contributed by atoms with Crippen molar-refractivity contribution >= 4 is 17.5 Å². The summed E-state index contributed by atoms with van der Waals surface area (Å²) in [6.45, 7) is 1.75. The number of nitrogens with zero attached hydrogens (tertiary/aromatic N) is 2. The standard InChI is InChI=1S/C31H27N3O3/c35-29(24-13-11-23(12-14-24)22-7-3-1-4-8-22)32-27-15-16-28-26-17-21(19-34(28)31(27)37)18-33(20-26)30(36)25-9-5-2-6-10-25/h1-16,21,26H,17-20H2,(H,32,35)/t21-,26+/m1/s1. The first-order valence-electron chi connectivity index (χ1n) is 12.6. The van der Waals surface area contributed by atoms with E-state index in [9.17, 15) is 14.4 Å². The zero-order valence-electron chi connectivity index (χ0n) is 20.3. The monoisotopic (exact) mass is 489 g/mol. The highest BCUT2D eigenvalue weighted by Crippen LogP contribution is 2.36. The molecule has 1 saturated heterocycles. The van der Waals surface area contributed by atoms with E-state index in [2.05, 4.69) is 5.32 Å². The molecule has 1 fully saturated rings. The average Bonchev–Trinajstić information content (AvgIpc) is 2.95. The number of amides is 2. The van der Waals surface area contributed by atoms with E-state index < -0.39 is 0 Å². The lowest BCUT2D eigenvalue weighted by Crippen LogP contribution is -2.49. The van der Waals surface area contributed by atoms with E-state index in [0.717, 1.165) is 23.2 Å². The summed E-state index contributed by atoms with van der Waals surface area (Å²) in [5.41, 5.74) is 4.30. The molecule has 2 amide bonds. The van der Waals surface area contributed by atoms with E-state index in [4.69, 9.17) is 0 Å². The topological polar surface area (TPSA) is 71.4 Å². The van der Waals surface area contributed by atoms with Crippen LogP contribution in [-0.4, -0.2) is 34.4 Å². The third-order valence-electron chi connectivity index (χ3n) is 7.41. The molecule has 0 spiro atoms. The van der Waals surface area contributed by atoms with E-state index in [-0.39, 0.29) is 34.9 Å². The number of hydrogen-bond donors (Lipinski definition) is 1. The average molecular weight is 490 g/mol. The molecule has 1 aromatic heterocycles. The molecule has 2 aliphatic rings. The molecule has 3 aromatic carbocycles. The smallest absolute Gasteiger partial charge is 0.274 e. The lowest BCUT2D eigenvalue weighted by atomic mass is 9.83. The Labute approximate surface area is 215 Å². The highest BCUT2D eigenvalue weighted by molar-refractivity contribution is 6.04. The van der Waals surface area contributed by atoms with E-state index in [1.54, 1.807) is 22.8 Å². The molecular weight excluding hydrogens is 462 g/mol. The Hall–Kier alpha value is -4.45. The number of likely N-dealkylation sites (tertiary alicyclic amines) is 1. The van der Waals surface area contributed by atoms with Crippen LogP contribution in [0.25, 0.3) is 11.1 Å². The van der Waals surface area contributed by atoms with Gasteiger partial charge >= 0.3 is 0 Å². The summed E-state index contributed by atoms with van der Waals surface area (Å²) in [5.74, 6) is 0.0254. The largest absolute Gasteiger partial charge is 0.338 e. The van der Waals surface area contributed by atoms with E-state index in [1.807, 2.05) is 83.8 Å². The van der Waals surface area contributed by atoms with Crippen LogP contribution in [0.15, 0.2) is 102 Å². The molecule has 0 unspecified atom stereocenters. The number of fused-ring (bicyclic) bond motifs is 4. The number of benzene rings is 3. The number of carbonyl (C=O) groups excluding carboxylic acids is 2. The Morgan fingerprint density at radius 3 is 2.11 bits per heavy atom. The summed E-state index contributed by atoms with van der Waals surface area (Å²) < 4.78 is 1.79. The zero-order valence-corrected chi connectivity index (χ0v) is 20.3. The molecule has 6 rings (SSSR count). The van der Waals surface area contributed by atoms with Crippen molar-refractivity contribution in [1.82, 2.24) is 9.47 Å². The molecule has 2 atom stereocenters. The molecule has 6 nitrogen and oxygen atoms in total. The Morgan fingerprint density at radius 1 is 0.703 bits per heavy atom. The SMILES string of the molecule is O=C(Nc1ccc2n(c1=O)C[C@@H]1C[C@H]2CN(C(=O)c2ccccc2)C1)c1ccc(-c2ccccc2)cc1. The van der Waals surface area contributed by atoms with Gasteiger partial charge in [-0.1, -0.05) is 60.7 Å². The number of carbonyl (C=O) groups is 2. The van der Waals surface area contributed by atoms with Gasteiger partial charge in [-0.05, 0) is 59.9 Å². The van der Waals surface area contributed by atoms with Crippen LogP contribution in [0.2, 0.25) is 0 Å². The third-order valence-corrected chi connectivity index (χ3v) is 7.41. The molecule has 4 aromatic rings. The van der Waals surface area contributed by atoms with Crippen LogP contribution in [0, 0.1) is 5.92 Å². The molecule has 184 valence electrons.